The Hall–Kier alpha value is -2.99. The van der Waals surface area contributed by atoms with E-state index in [1.54, 1.807) is 13.0 Å². The highest BCUT2D eigenvalue weighted by Crippen LogP contribution is 2.38. The molecule has 34 heavy (non-hydrogen) atoms. The van der Waals surface area contributed by atoms with E-state index in [9.17, 15) is 27.6 Å². The molecule has 0 aromatic heterocycles. The number of benzene rings is 1. The number of carbonyl (C=O) groups is 4. The van der Waals surface area contributed by atoms with Gasteiger partial charge >= 0.3 is 12.0 Å². The van der Waals surface area contributed by atoms with Crippen LogP contribution >= 0.6 is 0 Å². The lowest BCUT2D eigenvalue weighted by molar-refractivity contribution is -0.150. The summed E-state index contributed by atoms with van der Waals surface area (Å²) in [6.45, 7) is 2.29. The van der Waals surface area contributed by atoms with Gasteiger partial charge in [0.15, 0.2) is 6.61 Å². The van der Waals surface area contributed by atoms with E-state index in [-0.39, 0.29) is 16.5 Å². The van der Waals surface area contributed by atoms with E-state index in [0.29, 0.717) is 12.0 Å². The maximum atomic E-state index is 12.9. The van der Waals surface area contributed by atoms with E-state index >= 15 is 0 Å². The van der Waals surface area contributed by atoms with Crippen LogP contribution in [0.25, 0.3) is 0 Å². The molecule has 11 nitrogen and oxygen atoms in total. The number of imide groups is 1. The molecular formula is C22H30N4O7S. The number of nitrogens with one attached hydrogen (secondary N) is 2. The van der Waals surface area contributed by atoms with Crippen LogP contribution in [0.5, 0.6) is 0 Å². The van der Waals surface area contributed by atoms with Gasteiger partial charge in [-0.3, -0.25) is 19.3 Å². The smallest absolute Gasteiger partial charge is 0.326 e. The van der Waals surface area contributed by atoms with Gasteiger partial charge in [-0.2, -0.15) is 0 Å². The van der Waals surface area contributed by atoms with Crippen molar-refractivity contribution < 1.29 is 32.3 Å². The van der Waals surface area contributed by atoms with Crippen molar-refractivity contribution >= 4 is 39.5 Å². The fourth-order valence-corrected chi connectivity index (χ4v) is 5.45. The number of sulfonamides is 1. The molecular weight excluding hydrogens is 464 g/mol. The fourth-order valence-electron chi connectivity index (χ4n) is 4.31. The second-order valence-electron chi connectivity index (χ2n) is 8.92. The van der Waals surface area contributed by atoms with Crippen molar-refractivity contribution in [1.82, 2.24) is 14.5 Å². The van der Waals surface area contributed by atoms with Gasteiger partial charge in [0.25, 0.3) is 11.8 Å². The maximum Gasteiger partial charge on any atom is 0.326 e. The van der Waals surface area contributed by atoms with Crippen molar-refractivity contribution in [3.05, 3.63) is 23.8 Å². The molecule has 0 radical (unpaired) electrons. The monoisotopic (exact) mass is 494 g/mol. The van der Waals surface area contributed by atoms with Crippen molar-refractivity contribution in [2.24, 2.45) is 5.92 Å². The second kappa shape index (κ2) is 9.71. The maximum absolute atomic E-state index is 12.9. The van der Waals surface area contributed by atoms with Crippen molar-refractivity contribution in [1.29, 1.82) is 0 Å². The lowest BCUT2D eigenvalue weighted by Gasteiger charge is -2.36. The molecule has 1 spiro atoms. The van der Waals surface area contributed by atoms with Crippen molar-refractivity contribution in [2.75, 3.05) is 32.6 Å². The molecule has 1 saturated carbocycles. The van der Waals surface area contributed by atoms with Crippen molar-refractivity contribution in [2.45, 2.75) is 50.0 Å². The lowest BCUT2D eigenvalue weighted by Crippen LogP contribution is -2.54. The van der Waals surface area contributed by atoms with Crippen LogP contribution in [0.2, 0.25) is 0 Å². The molecule has 2 aliphatic rings. The van der Waals surface area contributed by atoms with E-state index in [4.69, 9.17) is 4.74 Å². The molecule has 2 N–H and O–H groups in total. The molecule has 1 aromatic rings. The third-order valence-electron chi connectivity index (χ3n) is 6.38. The van der Waals surface area contributed by atoms with Crippen LogP contribution in [-0.4, -0.2) is 74.2 Å². The fraction of sp³-hybridized carbons (Fsp3) is 0.545. The Morgan fingerprint density at radius 2 is 1.97 bits per heavy atom. The lowest BCUT2D eigenvalue weighted by atomic mass is 9.73. The molecule has 12 heteroatoms. The summed E-state index contributed by atoms with van der Waals surface area (Å²) in [5.41, 5.74) is -0.255. The van der Waals surface area contributed by atoms with E-state index in [1.165, 1.54) is 26.2 Å². The minimum absolute atomic E-state index is 0.0386. The zero-order chi connectivity index (χ0) is 25.3. The van der Waals surface area contributed by atoms with Gasteiger partial charge in [-0.05, 0) is 43.4 Å². The summed E-state index contributed by atoms with van der Waals surface area (Å²) < 4.78 is 30.9. The molecule has 2 fully saturated rings. The molecule has 1 aliphatic heterocycles. The van der Waals surface area contributed by atoms with Gasteiger partial charge in [0.05, 0.1) is 4.90 Å². The second-order valence-corrected chi connectivity index (χ2v) is 11.0. The molecule has 3 rings (SSSR count). The molecule has 4 amide bonds. The number of hydrogen-bond donors (Lipinski definition) is 2. The normalized spacial score (nSPS) is 22.7. The standard InChI is InChI=1S/C22H30N4O7S/c1-14-8-9-16(11-17(14)34(31,32)25(3)4)23-18(27)13-33-19(28)12-26-20(29)22(24-21(26)30)10-6-5-7-15(22)2/h8-9,11,15H,5-7,10,12-13H2,1-4H3,(H,23,27)(H,24,30). The third kappa shape index (κ3) is 4.92. The summed E-state index contributed by atoms with van der Waals surface area (Å²) in [5.74, 6) is -2.08. The number of nitrogens with zero attached hydrogens (tertiary/aromatic N) is 2. The number of amides is 4. The first kappa shape index (κ1) is 25.6. The Kier molecular flexibility index (Phi) is 7.32. The zero-order valence-electron chi connectivity index (χ0n) is 19.7. The quantitative estimate of drug-likeness (QED) is 0.429. The van der Waals surface area contributed by atoms with E-state index in [2.05, 4.69) is 10.6 Å². The van der Waals surface area contributed by atoms with Gasteiger partial charge in [-0.15, -0.1) is 0 Å². The van der Waals surface area contributed by atoms with Crippen LogP contribution < -0.4 is 10.6 Å². The Bertz CT molecular complexity index is 1120. The van der Waals surface area contributed by atoms with Crippen LogP contribution in [-0.2, 0) is 29.1 Å². The highest BCUT2D eigenvalue weighted by atomic mass is 32.2. The van der Waals surface area contributed by atoms with Gasteiger partial charge in [0.1, 0.15) is 12.1 Å². The molecule has 1 aliphatic carbocycles. The van der Waals surface area contributed by atoms with E-state index in [0.717, 1.165) is 28.5 Å². The number of anilines is 1. The summed E-state index contributed by atoms with van der Waals surface area (Å²) in [4.78, 5) is 50.6. The van der Waals surface area contributed by atoms with Gasteiger partial charge in [0.2, 0.25) is 10.0 Å². The van der Waals surface area contributed by atoms with Gasteiger partial charge in [-0.1, -0.05) is 25.8 Å². The molecule has 1 heterocycles. The largest absolute Gasteiger partial charge is 0.454 e. The summed E-state index contributed by atoms with van der Waals surface area (Å²) in [6.07, 6.45) is 3.12. The molecule has 0 bridgehead atoms. The average Bonchev–Trinajstić information content (AvgIpc) is 3.00. The highest BCUT2D eigenvalue weighted by molar-refractivity contribution is 7.89. The first-order chi connectivity index (χ1) is 15.9. The number of aryl methyl sites for hydroxylation is 1. The first-order valence-corrected chi connectivity index (χ1v) is 12.5. The zero-order valence-corrected chi connectivity index (χ0v) is 20.5. The molecule has 186 valence electrons. The van der Waals surface area contributed by atoms with Crippen LogP contribution in [0.3, 0.4) is 0 Å². The number of esters is 1. The number of carbonyl (C=O) groups excluding carboxylic acids is 4. The number of ether oxygens (including phenoxy) is 1. The van der Waals surface area contributed by atoms with Gasteiger partial charge < -0.3 is 15.4 Å². The predicted molar refractivity (Wildman–Crippen MR) is 122 cm³/mol. The molecule has 2 unspecified atom stereocenters. The van der Waals surface area contributed by atoms with Crippen LogP contribution in [0.15, 0.2) is 23.1 Å². The Labute approximate surface area is 198 Å². The summed E-state index contributed by atoms with van der Waals surface area (Å²) in [5, 5.41) is 5.23. The SMILES string of the molecule is Cc1ccc(NC(=O)COC(=O)CN2C(=O)NC3(CCCCC3C)C2=O)cc1S(=O)(=O)N(C)C. The van der Waals surface area contributed by atoms with Crippen LogP contribution in [0.4, 0.5) is 10.5 Å². The molecule has 1 saturated heterocycles. The minimum Gasteiger partial charge on any atom is -0.454 e. The molecule has 2 atom stereocenters. The highest BCUT2D eigenvalue weighted by Gasteiger charge is 2.55. The average molecular weight is 495 g/mol. The summed E-state index contributed by atoms with van der Waals surface area (Å²) >= 11 is 0. The Morgan fingerprint density at radius 3 is 2.62 bits per heavy atom. The third-order valence-corrected chi connectivity index (χ3v) is 8.34. The van der Waals surface area contributed by atoms with Crippen LogP contribution in [0, 0.1) is 12.8 Å². The van der Waals surface area contributed by atoms with Gasteiger partial charge in [-0.25, -0.2) is 17.5 Å². The number of rotatable bonds is 7. The van der Waals surface area contributed by atoms with Gasteiger partial charge in [0, 0.05) is 19.8 Å². The predicted octanol–water partition coefficient (Wildman–Crippen LogP) is 1.23. The topological polar surface area (TPSA) is 142 Å². The van der Waals surface area contributed by atoms with Crippen LogP contribution in [0.1, 0.15) is 38.2 Å². The first-order valence-electron chi connectivity index (χ1n) is 11.0. The summed E-state index contributed by atoms with van der Waals surface area (Å²) in [6, 6.07) is 3.76. The number of hydrogen-bond acceptors (Lipinski definition) is 7. The van der Waals surface area contributed by atoms with Crippen molar-refractivity contribution in [3.63, 3.8) is 0 Å². The summed E-state index contributed by atoms with van der Waals surface area (Å²) in [7, 11) is -0.901. The minimum atomic E-state index is -3.71. The van der Waals surface area contributed by atoms with E-state index < -0.39 is 52.5 Å². The Morgan fingerprint density at radius 1 is 1.26 bits per heavy atom. The molecule has 1 aromatic carbocycles. The Balaban J connectivity index is 1.57. The number of urea groups is 1. The van der Waals surface area contributed by atoms with E-state index in [1.807, 2.05) is 6.92 Å². The van der Waals surface area contributed by atoms with Crippen molar-refractivity contribution in [3.8, 4) is 0 Å².